The van der Waals surface area contributed by atoms with Gasteiger partial charge in [-0.2, -0.15) is 0 Å². The fourth-order valence-corrected chi connectivity index (χ4v) is 7.38. The molecule has 0 aromatic carbocycles. The SMILES string of the molecule is CCCCCCCCCCCCCCCCCCCCCCCCCCCCCCCCCCCCCCCCCC[N+](C)(C)C.[Cl-]. The van der Waals surface area contributed by atoms with Crippen LogP contribution in [0.5, 0.6) is 0 Å². The van der Waals surface area contributed by atoms with E-state index in [2.05, 4.69) is 28.1 Å². The Balaban J connectivity index is 0. The van der Waals surface area contributed by atoms with E-state index in [0.29, 0.717) is 0 Å². The number of unbranched alkanes of at least 4 members (excludes halogenated alkanes) is 39. The maximum atomic E-state index is 2.31. The molecule has 0 aromatic heterocycles. The van der Waals surface area contributed by atoms with Crippen LogP contribution in [0.3, 0.4) is 0 Å². The maximum Gasteiger partial charge on any atom is 0.0780 e. The minimum absolute atomic E-state index is 0. The zero-order valence-corrected chi connectivity index (χ0v) is 34.6. The lowest BCUT2D eigenvalue weighted by Crippen LogP contribution is -3.00. The highest BCUT2D eigenvalue weighted by Crippen LogP contribution is 2.18. The van der Waals surface area contributed by atoms with Crippen molar-refractivity contribution in [2.75, 3.05) is 27.7 Å². The Labute approximate surface area is 307 Å². The average molecular weight is 685 g/mol. The van der Waals surface area contributed by atoms with Gasteiger partial charge >= 0.3 is 0 Å². The Morgan fingerprint density at radius 1 is 0.213 bits per heavy atom. The van der Waals surface area contributed by atoms with Gasteiger partial charge in [0.25, 0.3) is 0 Å². The molecule has 0 radical (unpaired) electrons. The van der Waals surface area contributed by atoms with E-state index >= 15 is 0 Å². The van der Waals surface area contributed by atoms with Crippen LogP contribution < -0.4 is 12.4 Å². The lowest BCUT2D eigenvalue weighted by Gasteiger charge is -2.23. The molecule has 0 aliphatic heterocycles. The van der Waals surface area contributed by atoms with Crippen molar-refractivity contribution >= 4 is 0 Å². The molecule has 0 rings (SSSR count). The second-order valence-electron chi connectivity index (χ2n) is 16.8. The van der Waals surface area contributed by atoms with Gasteiger partial charge in [0.15, 0.2) is 0 Å². The second-order valence-corrected chi connectivity index (χ2v) is 16.8. The fraction of sp³-hybridized carbons (Fsp3) is 1.00. The van der Waals surface area contributed by atoms with Gasteiger partial charge in [0.2, 0.25) is 0 Å². The van der Waals surface area contributed by atoms with E-state index < -0.39 is 0 Å². The first-order valence-corrected chi connectivity index (χ1v) is 22.4. The van der Waals surface area contributed by atoms with Crippen molar-refractivity contribution in [3.8, 4) is 0 Å². The summed E-state index contributed by atoms with van der Waals surface area (Å²) in [4.78, 5) is 0. The number of halogens is 1. The molecular formula is C45H94ClN. The van der Waals surface area contributed by atoms with Gasteiger partial charge in [-0.3, -0.25) is 0 Å². The Morgan fingerprint density at radius 3 is 0.468 bits per heavy atom. The van der Waals surface area contributed by atoms with Crippen molar-refractivity contribution in [3.05, 3.63) is 0 Å². The molecule has 47 heavy (non-hydrogen) atoms. The molecular weight excluding hydrogens is 590 g/mol. The first-order valence-electron chi connectivity index (χ1n) is 22.4. The zero-order chi connectivity index (χ0) is 33.5. The highest BCUT2D eigenvalue weighted by atomic mass is 35.5. The molecule has 1 nitrogen and oxygen atoms in total. The van der Waals surface area contributed by atoms with E-state index in [0.717, 1.165) is 4.48 Å². The second kappa shape index (κ2) is 42.4. The molecule has 0 aliphatic carbocycles. The zero-order valence-electron chi connectivity index (χ0n) is 33.8. The number of nitrogens with zero attached hydrogens (tertiary/aromatic N) is 1. The maximum absolute atomic E-state index is 2.31. The third-order valence-electron chi connectivity index (χ3n) is 10.7. The molecule has 2 heteroatoms. The smallest absolute Gasteiger partial charge is 0.0780 e. The highest BCUT2D eigenvalue weighted by molar-refractivity contribution is 4.53. The van der Waals surface area contributed by atoms with Gasteiger partial charge < -0.3 is 16.9 Å². The summed E-state index contributed by atoms with van der Waals surface area (Å²) in [5.41, 5.74) is 0. The van der Waals surface area contributed by atoms with Crippen LogP contribution in [0, 0.1) is 0 Å². The van der Waals surface area contributed by atoms with Gasteiger partial charge in [0, 0.05) is 0 Å². The molecule has 0 unspecified atom stereocenters. The molecule has 0 aromatic rings. The summed E-state index contributed by atoms with van der Waals surface area (Å²) >= 11 is 0. The molecule has 0 amide bonds. The van der Waals surface area contributed by atoms with E-state index in [9.17, 15) is 0 Å². The van der Waals surface area contributed by atoms with Crippen molar-refractivity contribution in [2.24, 2.45) is 0 Å². The van der Waals surface area contributed by atoms with Crippen molar-refractivity contribution < 1.29 is 16.9 Å². The standard InChI is InChI=1S/C45H94N.ClH/c1-5-6-7-8-9-10-11-12-13-14-15-16-17-18-19-20-21-22-23-24-25-26-27-28-29-30-31-32-33-34-35-36-37-38-39-40-41-42-43-44-45-46(2,3)4;/h5-45H2,1-4H3;1H/q+1;/p-1. The van der Waals surface area contributed by atoms with E-state index in [1.165, 1.54) is 263 Å². The van der Waals surface area contributed by atoms with E-state index in [1.807, 2.05) is 0 Å². The van der Waals surface area contributed by atoms with Crippen molar-refractivity contribution in [3.63, 3.8) is 0 Å². The normalized spacial score (nSPS) is 11.7. The minimum Gasteiger partial charge on any atom is -1.00 e. The molecule has 0 spiro atoms. The summed E-state index contributed by atoms with van der Waals surface area (Å²) in [6, 6.07) is 0. The Hall–Kier alpha value is 0.250. The Bertz CT molecular complexity index is 527. The Morgan fingerprint density at radius 2 is 0.340 bits per heavy atom. The highest BCUT2D eigenvalue weighted by Gasteiger charge is 2.05. The van der Waals surface area contributed by atoms with Crippen LogP contribution in [-0.2, 0) is 0 Å². The van der Waals surface area contributed by atoms with Gasteiger partial charge in [-0.15, -0.1) is 0 Å². The summed E-state index contributed by atoms with van der Waals surface area (Å²) in [7, 11) is 6.93. The summed E-state index contributed by atoms with van der Waals surface area (Å²) < 4.78 is 1.12. The van der Waals surface area contributed by atoms with Gasteiger partial charge in [-0.05, 0) is 12.8 Å². The average Bonchev–Trinajstić information content (AvgIpc) is 3.03. The third kappa shape index (κ3) is 48.4. The molecule has 0 atom stereocenters. The monoisotopic (exact) mass is 684 g/mol. The number of rotatable bonds is 41. The van der Waals surface area contributed by atoms with Crippen LogP contribution in [0.2, 0.25) is 0 Å². The van der Waals surface area contributed by atoms with Crippen molar-refractivity contribution in [1.82, 2.24) is 0 Å². The van der Waals surface area contributed by atoms with Gasteiger partial charge in [-0.25, -0.2) is 0 Å². The minimum atomic E-state index is 0. The van der Waals surface area contributed by atoms with Gasteiger partial charge in [0.05, 0.1) is 27.7 Å². The number of hydrogen-bond donors (Lipinski definition) is 0. The van der Waals surface area contributed by atoms with Gasteiger partial charge in [-0.1, -0.05) is 251 Å². The van der Waals surface area contributed by atoms with Crippen molar-refractivity contribution in [1.29, 1.82) is 0 Å². The summed E-state index contributed by atoms with van der Waals surface area (Å²) in [6.45, 7) is 3.64. The lowest BCUT2D eigenvalue weighted by atomic mass is 10.0. The summed E-state index contributed by atoms with van der Waals surface area (Å²) in [5, 5.41) is 0. The first-order chi connectivity index (χ1) is 22.6. The van der Waals surface area contributed by atoms with Crippen LogP contribution in [-0.4, -0.2) is 32.2 Å². The van der Waals surface area contributed by atoms with E-state index in [4.69, 9.17) is 0 Å². The number of hydrogen-bond acceptors (Lipinski definition) is 0. The summed E-state index contributed by atoms with van der Waals surface area (Å²) in [5.74, 6) is 0. The van der Waals surface area contributed by atoms with Gasteiger partial charge in [0.1, 0.15) is 0 Å². The quantitative estimate of drug-likeness (QED) is 0.0444. The fourth-order valence-electron chi connectivity index (χ4n) is 7.38. The van der Waals surface area contributed by atoms with E-state index in [-0.39, 0.29) is 12.4 Å². The molecule has 0 heterocycles. The van der Waals surface area contributed by atoms with Crippen molar-refractivity contribution in [2.45, 2.75) is 264 Å². The summed E-state index contributed by atoms with van der Waals surface area (Å²) in [6.07, 6.45) is 59.3. The van der Waals surface area contributed by atoms with Crippen LogP contribution in [0.4, 0.5) is 0 Å². The molecule has 0 aliphatic rings. The largest absolute Gasteiger partial charge is 1.00 e. The predicted molar refractivity (Wildman–Crippen MR) is 213 cm³/mol. The molecule has 0 fully saturated rings. The molecule has 0 N–H and O–H groups in total. The topological polar surface area (TPSA) is 0 Å². The first kappa shape index (κ1) is 49.4. The van der Waals surface area contributed by atoms with Crippen LogP contribution in [0.1, 0.15) is 264 Å². The van der Waals surface area contributed by atoms with Crippen LogP contribution in [0.25, 0.3) is 0 Å². The molecule has 286 valence electrons. The molecule has 0 saturated heterocycles. The van der Waals surface area contributed by atoms with E-state index in [1.54, 1.807) is 0 Å². The predicted octanol–water partition coefficient (Wildman–Crippen LogP) is 13.3. The third-order valence-corrected chi connectivity index (χ3v) is 10.7. The van der Waals surface area contributed by atoms with Crippen LogP contribution in [0.15, 0.2) is 0 Å². The molecule has 0 bridgehead atoms. The van der Waals surface area contributed by atoms with Crippen LogP contribution >= 0.6 is 0 Å². The molecule has 0 saturated carbocycles. The lowest BCUT2D eigenvalue weighted by molar-refractivity contribution is -0.870. The Kier molecular flexibility index (Phi) is 44.5. The number of quaternary nitrogens is 1.